The van der Waals surface area contributed by atoms with Crippen LogP contribution < -0.4 is 9.47 Å². The lowest BCUT2D eigenvalue weighted by Gasteiger charge is -2.18. The average Bonchev–Trinajstić information content (AvgIpc) is 2.49. The van der Waals surface area contributed by atoms with E-state index < -0.39 is 0 Å². The summed E-state index contributed by atoms with van der Waals surface area (Å²) in [7, 11) is 3.05. The normalized spacial score (nSPS) is 11.7. The van der Waals surface area contributed by atoms with Crippen molar-refractivity contribution in [1.29, 1.82) is 0 Å². The summed E-state index contributed by atoms with van der Waals surface area (Å²) in [5.74, 6) is 0.965. The minimum absolute atomic E-state index is 0.0842. The number of allylic oxidation sites excluding steroid dienone is 1. The molecule has 2 rings (SSSR count). The molecule has 0 saturated carbocycles. The van der Waals surface area contributed by atoms with Gasteiger partial charge in [0.25, 0.3) is 0 Å². The quantitative estimate of drug-likeness (QED) is 0.827. The highest BCUT2D eigenvalue weighted by molar-refractivity contribution is 5.54. The molecule has 4 heteroatoms. The predicted molar refractivity (Wildman–Crippen MR) is 81.4 cm³/mol. The van der Waals surface area contributed by atoms with Gasteiger partial charge in [0.05, 0.1) is 14.2 Å². The van der Waals surface area contributed by atoms with Gasteiger partial charge in [-0.3, -0.25) is 0 Å². The average molecular weight is 286 g/mol. The number of hydrogen-bond donors (Lipinski definition) is 2. The summed E-state index contributed by atoms with van der Waals surface area (Å²) in [6, 6.07) is 10.1. The van der Waals surface area contributed by atoms with Gasteiger partial charge in [-0.2, -0.15) is 0 Å². The third kappa shape index (κ3) is 2.94. The highest BCUT2D eigenvalue weighted by Crippen LogP contribution is 2.40. The van der Waals surface area contributed by atoms with Gasteiger partial charge in [-0.25, -0.2) is 0 Å². The van der Waals surface area contributed by atoms with Crippen LogP contribution in [0, 0.1) is 0 Å². The maximum Gasteiger partial charge on any atom is 0.164 e. The minimum atomic E-state index is -0.267. The van der Waals surface area contributed by atoms with Crippen molar-refractivity contribution in [3.63, 3.8) is 0 Å². The number of aromatic hydroxyl groups is 2. The number of hydrogen-bond acceptors (Lipinski definition) is 4. The number of rotatable bonds is 5. The summed E-state index contributed by atoms with van der Waals surface area (Å²) in [6.07, 6.45) is 1.70. The molecule has 0 amide bonds. The van der Waals surface area contributed by atoms with Crippen molar-refractivity contribution in [1.82, 2.24) is 0 Å². The zero-order valence-corrected chi connectivity index (χ0v) is 12.0. The van der Waals surface area contributed by atoms with Gasteiger partial charge in [-0.1, -0.05) is 18.2 Å². The maximum absolute atomic E-state index is 10.2. The molecule has 0 bridgehead atoms. The van der Waals surface area contributed by atoms with Crippen molar-refractivity contribution in [2.45, 2.75) is 5.92 Å². The first-order chi connectivity index (χ1) is 10.1. The fourth-order valence-electron chi connectivity index (χ4n) is 2.29. The van der Waals surface area contributed by atoms with E-state index in [4.69, 9.17) is 9.47 Å². The van der Waals surface area contributed by atoms with Crippen LogP contribution >= 0.6 is 0 Å². The highest BCUT2D eigenvalue weighted by Gasteiger charge is 2.18. The molecule has 0 aliphatic carbocycles. The molecule has 0 aliphatic rings. The van der Waals surface area contributed by atoms with Crippen LogP contribution in [-0.2, 0) is 0 Å². The fraction of sp³-hybridized carbons (Fsp3) is 0.176. The van der Waals surface area contributed by atoms with E-state index in [1.807, 2.05) is 6.07 Å². The van der Waals surface area contributed by atoms with Gasteiger partial charge in [-0.05, 0) is 23.8 Å². The fourth-order valence-corrected chi connectivity index (χ4v) is 2.29. The number of benzene rings is 2. The summed E-state index contributed by atoms with van der Waals surface area (Å²) < 4.78 is 10.4. The van der Waals surface area contributed by atoms with E-state index in [9.17, 15) is 10.2 Å². The second-order valence-corrected chi connectivity index (χ2v) is 4.57. The van der Waals surface area contributed by atoms with E-state index in [0.29, 0.717) is 17.1 Å². The summed E-state index contributed by atoms with van der Waals surface area (Å²) in [5, 5.41) is 19.8. The smallest absolute Gasteiger partial charge is 0.164 e. The van der Waals surface area contributed by atoms with E-state index in [0.717, 1.165) is 5.56 Å². The molecule has 2 aromatic rings. The minimum Gasteiger partial charge on any atom is -0.508 e. The molecule has 2 N–H and O–H groups in total. The largest absolute Gasteiger partial charge is 0.508 e. The van der Waals surface area contributed by atoms with Gasteiger partial charge < -0.3 is 19.7 Å². The summed E-state index contributed by atoms with van der Waals surface area (Å²) in [4.78, 5) is 0. The second kappa shape index (κ2) is 6.22. The van der Waals surface area contributed by atoms with Gasteiger partial charge in [0.1, 0.15) is 11.5 Å². The Morgan fingerprint density at radius 3 is 2.29 bits per heavy atom. The number of methoxy groups -OCH3 is 2. The maximum atomic E-state index is 10.2. The van der Waals surface area contributed by atoms with E-state index >= 15 is 0 Å². The Bertz CT molecular complexity index is 649. The number of phenols is 2. The zero-order chi connectivity index (χ0) is 15.4. The summed E-state index contributed by atoms with van der Waals surface area (Å²) >= 11 is 0. The molecular weight excluding hydrogens is 268 g/mol. The SMILES string of the molecule is C=CC(c1cccc(O)c1)c1cc(OC)c(OC)cc1O. The molecule has 2 aromatic carbocycles. The molecule has 21 heavy (non-hydrogen) atoms. The summed E-state index contributed by atoms with van der Waals surface area (Å²) in [5.41, 5.74) is 1.46. The Labute approximate surface area is 123 Å². The molecule has 0 spiro atoms. The first-order valence-corrected chi connectivity index (χ1v) is 6.47. The molecule has 0 saturated heterocycles. The monoisotopic (exact) mass is 286 g/mol. The Morgan fingerprint density at radius 1 is 1.05 bits per heavy atom. The zero-order valence-electron chi connectivity index (χ0n) is 12.0. The number of phenolic OH excluding ortho intramolecular Hbond substituents is 2. The van der Waals surface area contributed by atoms with Gasteiger partial charge in [0.2, 0.25) is 0 Å². The molecule has 0 aromatic heterocycles. The first-order valence-electron chi connectivity index (χ1n) is 6.47. The molecule has 0 fully saturated rings. The van der Waals surface area contributed by atoms with Crippen molar-refractivity contribution in [2.75, 3.05) is 14.2 Å². The molecule has 1 unspecified atom stereocenters. The van der Waals surface area contributed by atoms with Crippen LogP contribution in [-0.4, -0.2) is 24.4 Å². The van der Waals surface area contributed by atoms with Crippen LogP contribution in [0.1, 0.15) is 17.0 Å². The first kappa shape index (κ1) is 14.8. The van der Waals surface area contributed by atoms with Crippen LogP contribution in [0.15, 0.2) is 49.1 Å². The van der Waals surface area contributed by atoms with Crippen LogP contribution in [0.2, 0.25) is 0 Å². The Kier molecular flexibility index (Phi) is 4.38. The topological polar surface area (TPSA) is 58.9 Å². The van der Waals surface area contributed by atoms with Gasteiger partial charge in [-0.15, -0.1) is 6.58 Å². The van der Waals surface area contributed by atoms with E-state index in [-0.39, 0.29) is 17.4 Å². The van der Waals surface area contributed by atoms with Gasteiger partial charge in [0.15, 0.2) is 11.5 Å². The predicted octanol–water partition coefficient (Wildman–Crippen LogP) is 3.43. The molecule has 4 nitrogen and oxygen atoms in total. The van der Waals surface area contributed by atoms with Crippen molar-refractivity contribution in [2.24, 2.45) is 0 Å². The highest BCUT2D eigenvalue weighted by atomic mass is 16.5. The molecule has 110 valence electrons. The van der Waals surface area contributed by atoms with E-state index in [2.05, 4.69) is 6.58 Å². The van der Waals surface area contributed by atoms with Crippen LogP contribution in [0.3, 0.4) is 0 Å². The molecule has 0 heterocycles. The molecule has 0 aliphatic heterocycles. The van der Waals surface area contributed by atoms with Gasteiger partial charge in [0, 0.05) is 17.5 Å². The van der Waals surface area contributed by atoms with Crippen molar-refractivity contribution in [3.05, 3.63) is 60.2 Å². The van der Waals surface area contributed by atoms with Gasteiger partial charge >= 0.3 is 0 Å². The third-order valence-electron chi connectivity index (χ3n) is 3.33. The number of ether oxygens (including phenoxy) is 2. The lowest BCUT2D eigenvalue weighted by molar-refractivity contribution is 0.350. The van der Waals surface area contributed by atoms with E-state index in [1.54, 1.807) is 30.3 Å². The third-order valence-corrected chi connectivity index (χ3v) is 3.33. The van der Waals surface area contributed by atoms with Crippen molar-refractivity contribution >= 4 is 0 Å². The summed E-state index contributed by atoms with van der Waals surface area (Å²) in [6.45, 7) is 3.82. The lowest BCUT2D eigenvalue weighted by atomic mass is 9.90. The van der Waals surface area contributed by atoms with E-state index in [1.165, 1.54) is 20.3 Å². The Hall–Kier alpha value is -2.62. The van der Waals surface area contributed by atoms with Crippen LogP contribution in [0.25, 0.3) is 0 Å². The van der Waals surface area contributed by atoms with Crippen LogP contribution in [0.5, 0.6) is 23.0 Å². The van der Waals surface area contributed by atoms with Crippen molar-refractivity contribution < 1.29 is 19.7 Å². The Morgan fingerprint density at radius 2 is 1.71 bits per heavy atom. The van der Waals surface area contributed by atoms with Crippen molar-refractivity contribution in [3.8, 4) is 23.0 Å². The Balaban J connectivity index is 2.54. The standard InChI is InChI=1S/C17H18O4/c1-4-13(11-6-5-7-12(18)8-11)14-9-16(20-2)17(21-3)10-15(14)19/h4-10,13,18-19H,1H2,2-3H3. The second-order valence-electron chi connectivity index (χ2n) is 4.57. The molecule has 0 radical (unpaired) electrons. The molecule has 1 atom stereocenters. The molecular formula is C17H18O4. The lowest BCUT2D eigenvalue weighted by Crippen LogP contribution is -2.00. The van der Waals surface area contributed by atoms with Crippen LogP contribution in [0.4, 0.5) is 0 Å².